The zero-order valence-corrected chi connectivity index (χ0v) is 12.4. The summed E-state index contributed by atoms with van der Waals surface area (Å²) in [5, 5.41) is 3.71. The van der Waals surface area contributed by atoms with Gasteiger partial charge in [-0.2, -0.15) is 0 Å². The number of hydrogen-bond acceptors (Lipinski definition) is 3. The average molecular weight is 292 g/mol. The maximum Gasteiger partial charge on any atom is 0.138 e. The molecule has 0 aliphatic carbocycles. The first-order valence-electron chi connectivity index (χ1n) is 6.42. The molecule has 0 fully saturated rings. The maximum absolute atomic E-state index is 6.22. The Morgan fingerprint density at radius 2 is 1.90 bits per heavy atom. The van der Waals surface area contributed by atoms with Crippen LogP contribution < -0.4 is 14.8 Å². The second kappa shape index (κ2) is 7.17. The molecule has 0 amide bonds. The number of halogens is 1. The Kier molecular flexibility index (Phi) is 5.27. The predicted octanol–water partition coefficient (Wildman–Crippen LogP) is 3.65. The van der Waals surface area contributed by atoms with Crippen molar-refractivity contribution in [3.63, 3.8) is 0 Å². The second-order valence-electron chi connectivity index (χ2n) is 4.40. The van der Waals surface area contributed by atoms with Crippen LogP contribution in [-0.4, -0.2) is 14.2 Å². The van der Waals surface area contributed by atoms with Crippen LogP contribution in [0.2, 0.25) is 5.02 Å². The molecular formula is C16H18ClNO2. The van der Waals surface area contributed by atoms with Gasteiger partial charge in [-0.3, -0.25) is 0 Å². The summed E-state index contributed by atoms with van der Waals surface area (Å²) in [6.45, 7) is 1.21. The Morgan fingerprint density at radius 3 is 2.60 bits per heavy atom. The first kappa shape index (κ1) is 14.7. The summed E-state index contributed by atoms with van der Waals surface area (Å²) >= 11 is 6.22. The summed E-state index contributed by atoms with van der Waals surface area (Å²) < 4.78 is 11.1. The first-order chi connectivity index (χ1) is 9.74. The molecule has 0 aromatic heterocycles. The van der Waals surface area contributed by atoms with Crippen LogP contribution in [0.1, 0.15) is 11.1 Å². The van der Waals surface area contributed by atoms with Gasteiger partial charge in [-0.25, -0.2) is 0 Å². The third-order valence-electron chi connectivity index (χ3n) is 2.95. The number of para-hydroxylation sites is 1. The Bertz CT molecular complexity index is 572. The van der Waals surface area contributed by atoms with Crippen LogP contribution in [0.4, 0.5) is 0 Å². The van der Waals surface area contributed by atoms with E-state index in [1.807, 2.05) is 49.5 Å². The summed E-state index contributed by atoms with van der Waals surface area (Å²) in [6, 6.07) is 13.6. The van der Waals surface area contributed by atoms with E-state index in [0.29, 0.717) is 17.4 Å². The van der Waals surface area contributed by atoms with E-state index in [0.717, 1.165) is 23.4 Å². The number of benzene rings is 2. The summed E-state index contributed by atoms with van der Waals surface area (Å²) in [5.41, 5.74) is 2.12. The lowest BCUT2D eigenvalue weighted by molar-refractivity contribution is 0.297. The molecule has 0 aliphatic rings. The largest absolute Gasteiger partial charge is 0.496 e. The van der Waals surface area contributed by atoms with Crippen molar-refractivity contribution in [3.8, 4) is 11.5 Å². The molecule has 4 heteroatoms. The third-order valence-corrected chi connectivity index (χ3v) is 3.25. The molecule has 0 unspecified atom stereocenters. The van der Waals surface area contributed by atoms with Crippen molar-refractivity contribution in [2.75, 3.05) is 14.2 Å². The summed E-state index contributed by atoms with van der Waals surface area (Å²) in [4.78, 5) is 0. The second-order valence-corrected chi connectivity index (χ2v) is 4.80. The minimum Gasteiger partial charge on any atom is -0.496 e. The van der Waals surface area contributed by atoms with Crippen molar-refractivity contribution < 1.29 is 9.47 Å². The molecule has 2 aromatic rings. The normalized spacial score (nSPS) is 10.3. The summed E-state index contributed by atoms with van der Waals surface area (Å²) in [7, 11) is 3.55. The highest BCUT2D eigenvalue weighted by molar-refractivity contribution is 6.32. The average Bonchev–Trinajstić information content (AvgIpc) is 2.47. The lowest BCUT2D eigenvalue weighted by Gasteiger charge is -2.12. The van der Waals surface area contributed by atoms with E-state index >= 15 is 0 Å². The zero-order chi connectivity index (χ0) is 14.4. The SMILES string of the molecule is CNCc1ccc(OCc2ccccc2OC)c(Cl)c1. The molecule has 106 valence electrons. The Labute approximate surface area is 124 Å². The number of ether oxygens (including phenoxy) is 2. The van der Waals surface area contributed by atoms with Crippen molar-refractivity contribution in [3.05, 3.63) is 58.6 Å². The van der Waals surface area contributed by atoms with Gasteiger partial charge in [0.15, 0.2) is 0 Å². The maximum atomic E-state index is 6.22. The van der Waals surface area contributed by atoms with Crippen molar-refractivity contribution >= 4 is 11.6 Å². The van der Waals surface area contributed by atoms with Crippen LogP contribution in [0.3, 0.4) is 0 Å². The van der Waals surface area contributed by atoms with Crippen molar-refractivity contribution in [2.24, 2.45) is 0 Å². The molecule has 0 radical (unpaired) electrons. The van der Waals surface area contributed by atoms with Crippen LogP contribution in [-0.2, 0) is 13.2 Å². The molecule has 1 N–H and O–H groups in total. The molecule has 0 heterocycles. The molecule has 0 atom stereocenters. The molecule has 0 spiro atoms. The van der Waals surface area contributed by atoms with Crippen LogP contribution in [0.25, 0.3) is 0 Å². The van der Waals surface area contributed by atoms with Crippen molar-refractivity contribution in [1.29, 1.82) is 0 Å². The van der Waals surface area contributed by atoms with E-state index in [1.54, 1.807) is 7.11 Å². The van der Waals surface area contributed by atoms with E-state index in [1.165, 1.54) is 0 Å². The monoisotopic (exact) mass is 291 g/mol. The van der Waals surface area contributed by atoms with Gasteiger partial charge in [0.25, 0.3) is 0 Å². The van der Waals surface area contributed by atoms with Gasteiger partial charge in [0.1, 0.15) is 18.1 Å². The van der Waals surface area contributed by atoms with Crippen LogP contribution >= 0.6 is 11.6 Å². The number of rotatable bonds is 6. The molecule has 20 heavy (non-hydrogen) atoms. The van der Waals surface area contributed by atoms with E-state index < -0.39 is 0 Å². The summed E-state index contributed by atoms with van der Waals surface area (Å²) in [5.74, 6) is 1.49. The highest BCUT2D eigenvalue weighted by Crippen LogP contribution is 2.27. The molecule has 0 saturated carbocycles. The van der Waals surface area contributed by atoms with E-state index in [4.69, 9.17) is 21.1 Å². The van der Waals surface area contributed by atoms with Crippen molar-refractivity contribution in [1.82, 2.24) is 5.32 Å². The van der Waals surface area contributed by atoms with E-state index in [9.17, 15) is 0 Å². The van der Waals surface area contributed by atoms with Gasteiger partial charge >= 0.3 is 0 Å². The number of hydrogen-bond donors (Lipinski definition) is 1. The lowest BCUT2D eigenvalue weighted by Crippen LogP contribution is -2.05. The van der Waals surface area contributed by atoms with E-state index in [-0.39, 0.29) is 0 Å². The fraction of sp³-hybridized carbons (Fsp3) is 0.250. The van der Waals surface area contributed by atoms with Crippen LogP contribution in [0.5, 0.6) is 11.5 Å². The van der Waals surface area contributed by atoms with Gasteiger partial charge in [-0.15, -0.1) is 0 Å². The van der Waals surface area contributed by atoms with Crippen LogP contribution in [0, 0.1) is 0 Å². The summed E-state index contributed by atoms with van der Waals surface area (Å²) in [6.07, 6.45) is 0. The smallest absolute Gasteiger partial charge is 0.138 e. The quantitative estimate of drug-likeness (QED) is 0.881. The molecule has 0 aliphatic heterocycles. The fourth-order valence-electron chi connectivity index (χ4n) is 1.95. The van der Waals surface area contributed by atoms with Gasteiger partial charge in [-0.05, 0) is 30.8 Å². The molecule has 0 saturated heterocycles. The highest BCUT2D eigenvalue weighted by Gasteiger charge is 2.06. The predicted molar refractivity (Wildman–Crippen MR) is 81.5 cm³/mol. The highest BCUT2D eigenvalue weighted by atomic mass is 35.5. The Balaban J connectivity index is 2.07. The molecular weight excluding hydrogens is 274 g/mol. The van der Waals surface area contributed by atoms with Crippen molar-refractivity contribution in [2.45, 2.75) is 13.2 Å². The van der Waals surface area contributed by atoms with Gasteiger partial charge in [0, 0.05) is 12.1 Å². The molecule has 0 bridgehead atoms. The van der Waals surface area contributed by atoms with Gasteiger partial charge in [0.2, 0.25) is 0 Å². The van der Waals surface area contributed by atoms with Gasteiger partial charge in [-0.1, -0.05) is 35.9 Å². The molecule has 3 nitrogen and oxygen atoms in total. The molecule has 2 aromatic carbocycles. The zero-order valence-electron chi connectivity index (χ0n) is 11.7. The third kappa shape index (κ3) is 3.65. The van der Waals surface area contributed by atoms with Gasteiger partial charge in [0.05, 0.1) is 12.1 Å². The lowest BCUT2D eigenvalue weighted by atomic mass is 10.2. The standard InChI is InChI=1S/C16H18ClNO2/c1-18-10-12-7-8-16(14(17)9-12)20-11-13-5-3-4-6-15(13)19-2/h3-9,18H,10-11H2,1-2H3. The Morgan fingerprint density at radius 1 is 1.10 bits per heavy atom. The fourth-order valence-corrected chi connectivity index (χ4v) is 2.21. The first-order valence-corrected chi connectivity index (χ1v) is 6.80. The minimum absolute atomic E-state index is 0.426. The Hall–Kier alpha value is -1.71. The van der Waals surface area contributed by atoms with Gasteiger partial charge < -0.3 is 14.8 Å². The number of methoxy groups -OCH3 is 1. The van der Waals surface area contributed by atoms with E-state index in [2.05, 4.69) is 5.32 Å². The topological polar surface area (TPSA) is 30.5 Å². The number of nitrogens with one attached hydrogen (secondary N) is 1. The molecule has 2 rings (SSSR count). The minimum atomic E-state index is 0.426. The van der Waals surface area contributed by atoms with Crippen LogP contribution in [0.15, 0.2) is 42.5 Å².